The van der Waals surface area contributed by atoms with E-state index in [1.807, 2.05) is 12.1 Å². The Morgan fingerprint density at radius 2 is 1.05 bits per heavy atom. The number of nitrogens with zero attached hydrogens (tertiary/aromatic N) is 4. The zero-order valence-electron chi connectivity index (χ0n) is 43.6. The highest BCUT2D eigenvalue weighted by molar-refractivity contribution is 7.19. The largest absolute Gasteiger partial charge is 0.493 e. The average Bonchev–Trinajstić information content (AvgIpc) is 3.84. The lowest BCUT2D eigenvalue weighted by Crippen LogP contribution is -2.14. The molecule has 0 aliphatic carbocycles. The van der Waals surface area contributed by atoms with Gasteiger partial charge in [-0.25, -0.2) is 14.6 Å². The predicted octanol–water partition coefficient (Wildman–Crippen LogP) is 15.4. The van der Waals surface area contributed by atoms with Crippen LogP contribution in [0.4, 0.5) is 17.1 Å². The fourth-order valence-corrected chi connectivity index (χ4v) is 10.0. The van der Waals surface area contributed by atoms with E-state index in [2.05, 4.69) is 110 Å². The number of ether oxygens (including phenoxy) is 6. The van der Waals surface area contributed by atoms with E-state index >= 15 is 0 Å². The van der Waals surface area contributed by atoms with Crippen molar-refractivity contribution >= 4 is 40.3 Å². The van der Waals surface area contributed by atoms with Gasteiger partial charge in [-0.2, -0.15) is 0 Å². The summed E-state index contributed by atoms with van der Waals surface area (Å²) in [4.78, 5) is 43.9. The Kier molecular flexibility index (Phi) is 18.7. The number of unbranched alkanes of at least 4 members (excludes halogenated alkanes) is 2. The lowest BCUT2D eigenvalue weighted by atomic mass is 10.0. The van der Waals surface area contributed by atoms with Gasteiger partial charge in [-0.15, -0.1) is 11.3 Å². The Hall–Kier alpha value is -7.25. The first-order valence-electron chi connectivity index (χ1n) is 26.3. The molecule has 2 unspecified atom stereocenters. The molecule has 0 N–H and O–H groups in total. The molecule has 1 aliphatic heterocycles. The number of hydrogen-bond donors (Lipinski definition) is 0. The standard InChI is InChI=1S/C61H68N4O8S/c1-7-13-15-41(9-3)39-72-50-26-22-48(23-27-50)65(49-24-28-51(29-25-49)73-40-42(10-4)16-14-8-2)47-20-17-43(18-21-47)58-56-57(71-34-33-70-56)59(74-58)45-19-30-52(63-38-45)54-36-46(61(67)69-12-6)37-55(64-54)53-35-44(31-32-62-53)60(66)68-11-5/h17-32,35-38,41-42H,7-16,33-34,39-40H2,1-6H3. The lowest BCUT2D eigenvalue weighted by Gasteiger charge is -2.26. The van der Waals surface area contributed by atoms with Crippen molar-refractivity contribution in [2.75, 3.05) is 44.5 Å². The van der Waals surface area contributed by atoms with Crippen LogP contribution in [0.3, 0.4) is 0 Å². The maximum atomic E-state index is 13.1. The van der Waals surface area contributed by atoms with E-state index in [9.17, 15) is 9.59 Å². The van der Waals surface area contributed by atoms with Crippen LogP contribution in [0.1, 0.15) is 114 Å². The van der Waals surface area contributed by atoms with Gasteiger partial charge in [0.15, 0.2) is 11.5 Å². The number of benzene rings is 3. The summed E-state index contributed by atoms with van der Waals surface area (Å²) in [5.41, 5.74) is 7.14. The van der Waals surface area contributed by atoms with Crippen LogP contribution in [-0.4, -0.2) is 66.5 Å². The molecule has 74 heavy (non-hydrogen) atoms. The Balaban J connectivity index is 1.08. The summed E-state index contributed by atoms with van der Waals surface area (Å²) in [7, 11) is 0. The van der Waals surface area contributed by atoms with Crippen LogP contribution in [0.15, 0.2) is 122 Å². The first-order chi connectivity index (χ1) is 36.2. The monoisotopic (exact) mass is 1020 g/mol. The summed E-state index contributed by atoms with van der Waals surface area (Å²) in [5.74, 6) is 3.19. The van der Waals surface area contributed by atoms with E-state index in [0.717, 1.165) is 62.3 Å². The minimum absolute atomic E-state index is 0.198. The van der Waals surface area contributed by atoms with Crippen molar-refractivity contribution in [2.45, 2.75) is 92.9 Å². The average molecular weight is 1020 g/mol. The number of anilines is 3. The van der Waals surface area contributed by atoms with Gasteiger partial charge in [-0.3, -0.25) is 9.97 Å². The molecule has 5 heterocycles. The quantitative estimate of drug-likeness (QED) is 0.0505. The fourth-order valence-electron chi connectivity index (χ4n) is 8.86. The fraction of sp³-hybridized carbons (Fsp3) is 0.361. The Labute approximate surface area is 440 Å². The number of pyridine rings is 3. The smallest absolute Gasteiger partial charge is 0.338 e. The third kappa shape index (κ3) is 13.1. The molecule has 0 saturated carbocycles. The van der Waals surface area contributed by atoms with Gasteiger partial charge in [0.05, 0.1) is 70.1 Å². The van der Waals surface area contributed by atoms with Gasteiger partial charge in [0.2, 0.25) is 0 Å². The summed E-state index contributed by atoms with van der Waals surface area (Å²) in [5, 5.41) is 0. The number of thiophene rings is 1. The molecule has 3 aromatic carbocycles. The van der Waals surface area contributed by atoms with E-state index in [-0.39, 0.29) is 18.8 Å². The van der Waals surface area contributed by atoms with E-state index in [1.165, 1.54) is 44.7 Å². The van der Waals surface area contributed by atoms with Crippen molar-refractivity contribution < 1.29 is 38.0 Å². The second kappa shape index (κ2) is 26.1. The number of esters is 2. The maximum Gasteiger partial charge on any atom is 0.338 e. The highest BCUT2D eigenvalue weighted by Gasteiger charge is 2.27. The number of fused-ring (bicyclic) bond motifs is 1. The van der Waals surface area contributed by atoms with Crippen molar-refractivity contribution in [3.63, 3.8) is 0 Å². The molecule has 12 nitrogen and oxygen atoms in total. The van der Waals surface area contributed by atoms with Gasteiger partial charge in [0, 0.05) is 35.0 Å². The lowest BCUT2D eigenvalue weighted by molar-refractivity contribution is 0.0516. The van der Waals surface area contributed by atoms with E-state index in [0.29, 0.717) is 78.1 Å². The highest BCUT2D eigenvalue weighted by Crippen LogP contribution is 2.54. The number of hydrogen-bond acceptors (Lipinski definition) is 13. The maximum absolute atomic E-state index is 13.1. The molecule has 0 radical (unpaired) electrons. The van der Waals surface area contributed by atoms with Crippen molar-refractivity contribution in [1.82, 2.24) is 15.0 Å². The van der Waals surface area contributed by atoms with E-state index < -0.39 is 11.9 Å². The van der Waals surface area contributed by atoms with Crippen LogP contribution < -0.4 is 23.8 Å². The second-order valence-corrected chi connectivity index (χ2v) is 19.4. The van der Waals surface area contributed by atoms with Crippen molar-refractivity contribution in [1.29, 1.82) is 0 Å². The van der Waals surface area contributed by atoms with Gasteiger partial charge in [0.1, 0.15) is 24.7 Å². The molecule has 0 amide bonds. The molecule has 0 spiro atoms. The molecule has 4 aromatic heterocycles. The van der Waals surface area contributed by atoms with Gasteiger partial charge in [0.25, 0.3) is 0 Å². The van der Waals surface area contributed by atoms with Crippen LogP contribution in [0.5, 0.6) is 23.0 Å². The second-order valence-electron chi connectivity index (χ2n) is 18.4. The van der Waals surface area contributed by atoms with Crippen LogP contribution in [0, 0.1) is 11.8 Å². The predicted molar refractivity (Wildman–Crippen MR) is 295 cm³/mol. The molecule has 1 aliphatic rings. The van der Waals surface area contributed by atoms with Crippen molar-refractivity contribution in [3.8, 4) is 66.7 Å². The van der Waals surface area contributed by atoms with Gasteiger partial charge < -0.3 is 33.3 Å². The van der Waals surface area contributed by atoms with Crippen molar-refractivity contribution in [3.05, 3.63) is 133 Å². The summed E-state index contributed by atoms with van der Waals surface area (Å²) >= 11 is 1.58. The topological polar surface area (TPSA) is 131 Å². The summed E-state index contributed by atoms with van der Waals surface area (Å²) < 4.78 is 35.9. The zero-order chi connectivity index (χ0) is 51.8. The van der Waals surface area contributed by atoms with Gasteiger partial charge >= 0.3 is 11.9 Å². The molecular formula is C61H68N4O8S. The first kappa shape index (κ1) is 53.1. The van der Waals surface area contributed by atoms with Gasteiger partial charge in [-0.05, 0) is 141 Å². The number of rotatable bonds is 25. The van der Waals surface area contributed by atoms with Gasteiger partial charge in [-0.1, -0.05) is 78.4 Å². The zero-order valence-corrected chi connectivity index (χ0v) is 44.4. The number of aromatic nitrogens is 3. The van der Waals surface area contributed by atoms with E-state index in [1.54, 1.807) is 55.6 Å². The Morgan fingerprint density at radius 1 is 0.568 bits per heavy atom. The Morgan fingerprint density at radius 3 is 1.55 bits per heavy atom. The minimum Gasteiger partial charge on any atom is -0.493 e. The van der Waals surface area contributed by atoms with Crippen LogP contribution in [0.25, 0.3) is 43.7 Å². The summed E-state index contributed by atoms with van der Waals surface area (Å²) in [6, 6.07) is 35.6. The summed E-state index contributed by atoms with van der Waals surface area (Å²) in [6.07, 6.45) is 12.7. The number of carbonyl (C=O) groups is 2. The third-order valence-corrected chi connectivity index (χ3v) is 14.4. The molecule has 2 atom stereocenters. The first-order valence-corrected chi connectivity index (χ1v) is 27.1. The molecule has 13 heteroatoms. The normalized spacial score (nSPS) is 12.7. The molecule has 7 aromatic rings. The molecule has 0 fully saturated rings. The Bertz CT molecular complexity index is 2860. The third-order valence-electron chi connectivity index (χ3n) is 13.2. The number of carbonyl (C=O) groups excluding carboxylic acids is 2. The molecule has 0 bridgehead atoms. The van der Waals surface area contributed by atoms with Crippen LogP contribution in [0.2, 0.25) is 0 Å². The summed E-state index contributed by atoms with van der Waals surface area (Å²) in [6.45, 7) is 15.2. The van der Waals surface area contributed by atoms with Crippen LogP contribution in [-0.2, 0) is 9.47 Å². The SMILES string of the molecule is CCCCC(CC)COc1ccc(N(c2ccc(OCC(CC)CCCC)cc2)c2ccc(-c3sc(-c4ccc(-c5cc(C(=O)OCC)cc(-c6cc(C(=O)OCC)ccn6)n5)nc4)c4c3OCCO4)cc2)cc1. The molecule has 386 valence electrons. The van der Waals surface area contributed by atoms with E-state index in [4.69, 9.17) is 38.4 Å². The molecule has 0 saturated heterocycles. The molecular weight excluding hydrogens is 949 g/mol. The van der Waals surface area contributed by atoms with Crippen molar-refractivity contribution in [2.24, 2.45) is 11.8 Å². The highest BCUT2D eigenvalue weighted by atomic mass is 32.1. The minimum atomic E-state index is -0.513. The van der Waals surface area contributed by atoms with Crippen LogP contribution >= 0.6 is 11.3 Å². The molecule has 8 rings (SSSR count).